The van der Waals surface area contributed by atoms with Crippen molar-refractivity contribution in [1.82, 2.24) is 4.57 Å². The standard InChI is InChI=1S/C24H26N2S3/c1-5-19-7-11-21(12-8-19)24-23(6-2)26(16-25(24)17-28-29-27)22-13-9-20(10-14-22)15-18(3)4/h5-14,16,18H,1-2,15,17H2,3-4H3/p+1. The van der Waals surface area contributed by atoms with Crippen molar-refractivity contribution in [3.8, 4) is 16.9 Å². The molecular formula is C24H27N2S3+. The molecule has 29 heavy (non-hydrogen) atoms. The van der Waals surface area contributed by atoms with Crippen molar-refractivity contribution in [2.24, 2.45) is 5.92 Å². The molecule has 0 unspecified atom stereocenters. The van der Waals surface area contributed by atoms with Crippen molar-refractivity contribution in [3.05, 3.63) is 84.8 Å². The third-order valence-electron chi connectivity index (χ3n) is 4.76. The van der Waals surface area contributed by atoms with Gasteiger partial charge < -0.3 is 0 Å². The van der Waals surface area contributed by atoms with Gasteiger partial charge in [0.25, 0.3) is 6.33 Å². The minimum Gasteiger partial charge on any atom is -0.219 e. The number of rotatable bonds is 9. The van der Waals surface area contributed by atoms with Gasteiger partial charge in [-0.3, -0.25) is 0 Å². The summed E-state index contributed by atoms with van der Waals surface area (Å²) in [6.45, 7) is 12.5. The van der Waals surface area contributed by atoms with Gasteiger partial charge in [-0.1, -0.05) is 69.0 Å². The molecule has 0 amide bonds. The topological polar surface area (TPSA) is 8.81 Å². The molecule has 0 saturated heterocycles. The Bertz CT molecular complexity index is 971. The Morgan fingerprint density at radius 1 is 1.03 bits per heavy atom. The molecule has 0 aliphatic carbocycles. The normalized spacial score (nSPS) is 11.0. The Balaban J connectivity index is 2.08. The largest absolute Gasteiger partial charge is 0.250 e. The molecule has 0 bridgehead atoms. The smallest absolute Gasteiger partial charge is 0.219 e. The van der Waals surface area contributed by atoms with Crippen LogP contribution in [-0.4, -0.2) is 4.57 Å². The second kappa shape index (κ2) is 10.3. The number of benzene rings is 2. The summed E-state index contributed by atoms with van der Waals surface area (Å²) in [4.78, 5) is 0. The second-order valence-corrected chi connectivity index (χ2v) is 10.4. The summed E-state index contributed by atoms with van der Waals surface area (Å²) in [6, 6.07) is 17.3. The zero-order valence-electron chi connectivity index (χ0n) is 16.9. The number of hydrogen-bond donors (Lipinski definition) is 1. The van der Waals surface area contributed by atoms with Crippen LogP contribution in [0.1, 0.15) is 30.7 Å². The van der Waals surface area contributed by atoms with Gasteiger partial charge in [0, 0.05) is 5.56 Å². The lowest BCUT2D eigenvalue weighted by Crippen LogP contribution is -2.32. The van der Waals surface area contributed by atoms with Gasteiger partial charge >= 0.3 is 0 Å². The maximum absolute atomic E-state index is 4.29. The molecule has 5 heteroatoms. The summed E-state index contributed by atoms with van der Waals surface area (Å²) < 4.78 is 4.47. The first-order valence-corrected chi connectivity index (χ1v) is 13.0. The molecule has 0 atom stereocenters. The van der Waals surface area contributed by atoms with Crippen LogP contribution in [0, 0.1) is 5.92 Å². The maximum atomic E-state index is 4.29. The maximum Gasteiger partial charge on any atom is 0.250 e. The fourth-order valence-electron chi connectivity index (χ4n) is 3.45. The van der Waals surface area contributed by atoms with Gasteiger partial charge in [-0.25, -0.2) is 4.57 Å². The Morgan fingerprint density at radius 3 is 2.28 bits per heavy atom. The highest BCUT2D eigenvalue weighted by Crippen LogP contribution is 2.29. The SMILES string of the molecule is C=Cc1ccc(-c2c(C=C)n(-c3ccc(CC(C)C)cc3)c[n+]2CSSS)cc1. The van der Waals surface area contributed by atoms with E-state index in [9.17, 15) is 0 Å². The molecule has 1 heterocycles. The molecule has 1 aromatic heterocycles. The van der Waals surface area contributed by atoms with Gasteiger partial charge in [0.2, 0.25) is 0 Å². The van der Waals surface area contributed by atoms with Crippen LogP contribution in [0.25, 0.3) is 29.1 Å². The molecular weight excluding hydrogens is 412 g/mol. The van der Waals surface area contributed by atoms with Crippen molar-refractivity contribution in [2.75, 3.05) is 0 Å². The summed E-state index contributed by atoms with van der Waals surface area (Å²) >= 11 is 4.29. The molecule has 0 aliphatic heterocycles. The van der Waals surface area contributed by atoms with Gasteiger partial charge in [-0.05, 0) is 74.4 Å². The Kier molecular flexibility index (Phi) is 7.76. The lowest BCUT2D eigenvalue weighted by molar-refractivity contribution is -0.664. The monoisotopic (exact) mass is 439 g/mol. The second-order valence-electron chi connectivity index (χ2n) is 7.31. The molecule has 150 valence electrons. The first-order chi connectivity index (χ1) is 14.1. The van der Waals surface area contributed by atoms with Crippen LogP contribution in [0.4, 0.5) is 0 Å². The van der Waals surface area contributed by atoms with Crippen LogP contribution in [0.3, 0.4) is 0 Å². The number of aromatic nitrogens is 2. The number of thiol groups is 1. The van der Waals surface area contributed by atoms with E-state index in [4.69, 9.17) is 0 Å². The molecule has 0 aliphatic rings. The average Bonchev–Trinajstić information content (AvgIpc) is 3.10. The van der Waals surface area contributed by atoms with Crippen molar-refractivity contribution in [1.29, 1.82) is 0 Å². The molecule has 0 fully saturated rings. The van der Waals surface area contributed by atoms with Crippen LogP contribution >= 0.6 is 32.3 Å². The average molecular weight is 440 g/mol. The predicted octanol–water partition coefficient (Wildman–Crippen LogP) is 7.10. The van der Waals surface area contributed by atoms with Crippen molar-refractivity contribution in [3.63, 3.8) is 0 Å². The van der Waals surface area contributed by atoms with E-state index in [1.54, 1.807) is 10.8 Å². The van der Waals surface area contributed by atoms with Gasteiger partial charge in [-0.2, -0.15) is 4.57 Å². The molecule has 3 aromatic rings. The van der Waals surface area contributed by atoms with Crippen molar-refractivity contribution in [2.45, 2.75) is 26.1 Å². The Hall–Kier alpha value is -1.82. The number of hydrogen-bond acceptors (Lipinski definition) is 3. The van der Waals surface area contributed by atoms with E-state index in [1.165, 1.54) is 15.4 Å². The van der Waals surface area contributed by atoms with Gasteiger partial charge in [-0.15, -0.1) is 0 Å². The van der Waals surface area contributed by atoms with Crippen LogP contribution in [0.2, 0.25) is 0 Å². The van der Waals surface area contributed by atoms with Crippen LogP contribution in [0.15, 0.2) is 68.0 Å². The fourth-order valence-corrected chi connectivity index (χ4v) is 4.72. The Morgan fingerprint density at radius 2 is 1.72 bits per heavy atom. The number of nitrogens with zero attached hydrogens (tertiary/aromatic N) is 2. The zero-order chi connectivity index (χ0) is 20.8. The van der Waals surface area contributed by atoms with Gasteiger partial charge in [0.05, 0.1) is 0 Å². The minimum absolute atomic E-state index is 0.652. The lowest BCUT2D eigenvalue weighted by atomic mass is 10.0. The first-order valence-electron chi connectivity index (χ1n) is 9.59. The summed E-state index contributed by atoms with van der Waals surface area (Å²) in [7, 11) is 3.17. The van der Waals surface area contributed by atoms with E-state index in [0.717, 1.165) is 40.5 Å². The van der Waals surface area contributed by atoms with Crippen LogP contribution in [0.5, 0.6) is 0 Å². The van der Waals surface area contributed by atoms with E-state index in [0.29, 0.717) is 5.92 Å². The molecule has 2 aromatic carbocycles. The van der Waals surface area contributed by atoms with Crippen LogP contribution in [-0.2, 0) is 12.3 Å². The van der Waals surface area contributed by atoms with Crippen molar-refractivity contribution >= 4 is 44.4 Å². The van der Waals surface area contributed by atoms with Gasteiger partial charge in [0.1, 0.15) is 11.6 Å². The summed E-state index contributed by atoms with van der Waals surface area (Å²) in [6.07, 6.45) is 7.05. The summed E-state index contributed by atoms with van der Waals surface area (Å²) in [5.41, 5.74) is 7.01. The lowest BCUT2D eigenvalue weighted by Gasteiger charge is -2.06. The van der Waals surface area contributed by atoms with E-state index >= 15 is 0 Å². The summed E-state index contributed by atoms with van der Waals surface area (Å²) in [5, 5.41) is 0. The molecule has 0 saturated carbocycles. The van der Waals surface area contributed by atoms with E-state index in [2.05, 4.69) is 103 Å². The van der Waals surface area contributed by atoms with E-state index in [1.807, 2.05) is 12.2 Å². The number of imidazole rings is 1. The summed E-state index contributed by atoms with van der Waals surface area (Å²) in [5.74, 6) is 1.45. The molecule has 0 radical (unpaired) electrons. The van der Waals surface area contributed by atoms with Crippen molar-refractivity contribution < 1.29 is 4.57 Å². The molecule has 2 nitrogen and oxygen atoms in total. The first kappa shape index (κ1) is 21.9. The third kappa shape index (κ3) is 5.21. The minimum atomic E-state index is 0.652. The fraction of sp³-hybridized carbons (Fsp3) is 0.208. The quantitative estimate of drug-likeness (QED) is 0.216. The molecule has 0 N–H and O–H groups in total. The highest BCUT2D eigenvalue weighted by atomic mass is 33.5. The molecule has 0 spiro atoms. The van der Waals surface area contributed by atoms with Crippen LogP contribution < -0.4 is 4.57 Å². The highest BCUT2D eigenvalue weighted by Gasteiger charge is 2.24. The zero-order valence-corrected chi connectivity index (χ0v) is 19.4. The van der Waals surface area contributed by atoms with E-state index in [-0.39, 0.29) is 0 Å². The highest BCUT2D eigenvalue weighted by molar-refractivity contribution is 9.05. The Labute approximate surface area is 187 Å². The van der Waals surface area contributed by atoms with Gasteiger partial charge in [0.15, 0.2) is 11.4 Å². The van der Waals surface area contributed by atoms with E-state index < -0.39 is 0 Å². The third-order valence-corrected chi connectivity index (χ3v) is 6.83. The molecule has 3 rings (SSSR count). The predicted molar refractivity (Wildman–Crippen MR) is 134 cm³/mol.